The number of benzene rings is 1. The number of methoxy groups -OCH3 is 1. The third-order valence-electron chi connectivity index (χ3n) is 2.47. The average molecular weight is 318 g/mol. The second kappa shape index (κ2) is 7.48. The standard InChI is InChI=1S/C12H16BrNO4/c1-18-7-10(6-15)14-5-9-3-2-8(12(16)17)4-11(9)13/h2-4,10,14-15H,5-7H2,1H3,(H,16,17)/t10-/m1/s1. The van der Waals surface area contributed by atoms with Crippen LogP contribution in [0.2, 0.25) is 0 Å². The maximum absolute atomic E-state index is 10.8. The van der Waals surface area contributed by atoms with Crippen LogP contribution in [0.3, 0.4) is 0 Å². The van der Waals surface area contributed by atoms with E-state index in [4.69, 9.17) is 14.9 Å². The van der Waals surface area contributed by atoms with Crippen LogP contribution in [0.4, 0.5) is 0 Å². The zero-order valence-electron chi connectivity index (χ0n) is 10.0. The van der Waals surface area contributed by atoms with Gasteiger partial charge in [0.1, 0.15) is 0 Å². The summed E-state index contributed by atoms with van der Waals surface area (Å²) in [5, 5.41) is 21.1. The minimum Gasteiger partial charge on any atom is -0.478 e. The summed E-state index contributed by atoms with van der Waals surface area (Å²) in [6.07, 6.45) is 0. The highest BCUT2D eigenvalue weighted by atomic mass is 79.9. The van der Waals surface area contributed by atoms with Gasteiger partial charge < -0.3 is 20.3 Å². The summed E-state index contributed by atoms with van der Waals surface area (Å²) in [5.41, 5.74) is 1.16. The van der Waals surface area contributed by atoms with Crippen molar-refractivity contribution in [3.8, 4) is 0 Å². The van der Waals surface area contributed by atoms with Gasteiger partial charge >= 0.3 is 5.97 Å². The zero-order chi connectivity index (χ0) is 13.5. The highest BCUT2D eigenvalue weighted by molar-refractivity contribution is 9.10. The molecule has 0 radical (unpaired) electrons. The summed E-state index contributed by atoms with van der Waals surface area (Å²) in [7, 11) is 1.57. The largest absolute Gasteiger partial charge is 0.478 e. The Morgan fingerprint density at radius 3 is 2.78 bits per heavy atom. The lowest BCUT2D eigenvalue weighted by Gasteiger charge is -2.15. The second-order valence-electron chi connectivity index (χ2n) is 3.83. The number of hydrogen-bond acceptors (Lipinski definition) is 4. The van der Waals surface area contributed by atoms with Crippen molar-refractivity contribution in [3.63, 3.8) is 0 Å². The summed E-state index contributed by atoms with van der Waals surface area (Å²) in [6, 6.07) is 4.71. The van der Waals surface area contributed by atoms with Gasteiger partial charge in [-0.05, 0) is 17.7 Å². The lowest BCUT2D eigenvalue weighted by molar-refractivity contribution is 0.0697. The molecule has 1 atom stereocenters. The second-order valence-corrected chi connectivity index (χ2v) is 4.68. The smallest absolute Gasteiger partial charge is 0.335 e. The maximum atomic E-state index is 10.8. The van der Waals surface area contributed by atoms with Gasteiger partial charge in [-0.15, -0.1) is 0 Å². The molecule has 0 fully saturated rings. The highest BCUT2D eigenvalue weighted by Crippen LogP contribution is 2.18. The van der Waals surface area contributed by atoms with Crippen molar-refractivity contribution in [1.29, 1.82) is 0 Å². The van der Waals surface area contributed by atoms with Crippen molar-refractivity contribution in [3.05, 3.63) is 33.8 Å². The monoisotopic (exact) mass is 317 g/mol. The van der Waals surface area contributed by atoms with Crippen molar-refractivity contribution in [2.75, 3.05) is 20.3 Å². The fourth-order valence-electron chi connectivity index (χ4n) is 1.46. The lowest BCUT2D eigenvalue weighted by atomic mass is 10.1. The molecule has 0 aliphatic rings. The molecule has 0 spiro atoms. The van der Waals surface area contributed by atoms with E-state index in [1.165, 1.54) is 0 Å². The van der Waals surface area contributed by atoms with Gasteiger partial charge in [-0.3, -0.25) is 0 Å². The molecule has 1 rings (SSSR count). The Morgan fingerprint density at radius 1 is 1.56 bits per heavy atom. The van der Waals surface area contributed by atoms with Gasteiger partial charge in [-0.1, -0.05) is 22.0 Å². The van der Waals surface area contributed by atoms with Crippen LogP contribution in [0.15, 0.2) is 22.7 Å². The molecule has 18 heavy (non-hydrogen) atoms. The summed E-state index contributed by atoms with van der Waals surface area (Å²) in [4.78, 5) is 10.8. The molecule has 6 heteroatoms. The third kappa shape index (κ3) is 4.38. The summed E-state index contributed by atoms with van der Waals surface area (Å²) < 4.78 is 5.68. The number of aliphatic hydroxyl groups excluding tert-OH is 1. The number of hydrogen-bond donors (Lipinski definition) is 3. The van der Waals surface area contributed by atoms with Crippen LogP contribution in [0, 0.1) is 0 Å². The number of nitrogens with one attached hydrogen (secondary N) is 1. The Morgan fingerprint density at radius 2 is 2.28 bits per heavy atom. The first-order chi connectivity index (χ1) is 8.58. The lowest BCUT2D eigenvalue weighted by Crippen LogP contribution is -2.36. The van der Waals surface area contributed by atoms with E-state index >= 15 is 0 Å². The fraction of sp³-hybridized carbons (Fsp3) is 0.417. The molecular weight excluding hydrogens is 302 g/mol. The van der Waals surface area contributed by atoms with Crippen LogP contribution < -0.4 is 5.32 Å². The van der Waals surface area contributed by atoms with E-state index in [2.05, 4.69) is 21.2 Å². The molecule has 100 valence electrons. The first-order valence-electron chi connectivity index (χ1n) is 5.43. The van der Waals surface area contributed by atoms with E-state index in [0.29, 0.717) is 13.2 Å². The Balaban J connectivity index is 2.65. The molecule has 0 unspecified atom stereocenters. The van der Waals surface area contributed by atoms with E-state index in [9.17, 15) is 4.79 Å². The molecule has 0 saturated carbocycles. The fourth-order valence-corrected chi connectivity index (χ4v) is 1.97. The van der Waals surface area contributed by atoms with Gasteiger partial charge in [0.25, 0.3) is 0 Å². The van der Waals surface area contributed by atoms with Gasteiger partial charge in [-0.2, -0.15) is 0 Å². The van der Waals surface area contributed by atoms with Crippen molar-refractivity contribution >= 4 is 21.9 Å². The molecule has 0 heterocycles. The SMILES string of the molecule is COC[C@@H](CO)NCc1ccc(C(=O)O)cc1Br. The number of halogens is 1. The summed E-state index contributed by atoms with van der Waals surface area (Å²) in [6.45, 7) is 0.926. The van der Waals surface area contributed by atoms with Crippen molar-refractivity contribution in [2.24, 2.45) is 0 Å². The van der Waals surface area contributed by atoms with E-state index in [1.807, 2.05) is 0 Å². The van der Waals surface area contributed by atoms with Gasteiger partial charge in [0.2, 0.25) is 0 Å². The minimum atomic E-state index is -0.956. The number of aromatic carboxylic acids is 1. The van der Waals surface area contributed by atoms with E-state index in [1.54, 1.807) is 25.3 Å². The molecule has 0 aromatic heterocycles. The van der Waals surface area contributed by atoms with Gasteiger partial charge in [0.15, 0.2) is 0 Å². The number of carbonyl (C=O) groups is 1. The molecule has 0 aliphatic heterocycles. The van der Waals surface area contributed by atoms with Crippen LogP contribution >= 0.6 is 15.9 Å². The van der Waals surface area contributed by atoms with Gasteiger partial charge in [-0.25, -0.2) is 4.79 Å². The Hall–Kier alpha value is -0.950. The Bertz CT molecular complexity index is 411. The Kier molecular flexibility index (Phi) is 6.28. The van der Waals surface area contributed by atoms with E-state index < -0.39 is 5.97 Å². The van der Waals surface area contributed by atoms with Crippen molar-refractivity contribution in [1.82, 2.24) is 5.32 Å². The maximum Gasteiger partial charge on any atom is 0.335 e. The third-order valence-corrected chi connectivity index (χ3v) is 3.21. The quantitative estimate of drug-likeness (QED) is 0.705. The number of carboxylic acids is 1. The molecule has 0 aliphatic carbocycles. The topological polar surface area (TPSA) is 78.8 Å². The van der Waals surface area contributed by atoms with E-state index in [-0.39, 0.29) is 18.2 Å². The normalized spacial score (nSPS) is 12.4. The summed E-state index contributed by atoms with van der Waals surface area (Å²) >= 11 is 3.33. The molecular formula is C12H16BrNO4. The minimum absolute atomic E-state index is 0.0152. The van der Waals surface area contributed by atoms with Crippen LogP contribution in [0.1, 0.15) is 15.9 Å². The van der Waals surface area contributed by atoms with Gasteiger partial charge in [0.05, 0.1) is 24.8 Å². The molecule has 1 aromatic rings. The van der Waals surface area contributed by atoms with E-state index in [0.717, 1.165) is 10.0 Å². The molecule has 0 bridgehead atoms. The number of carboxylic acid groups (broad SMARTS) is 1. The number of aliphatic hydroxyl groups is 1. The molecule has 1 aromatic carbocycles. The average Bonchev–Trinajstić information content (AvgIpc) is 2.35. The summed E-state index contributed by atoms with van der Waals surface area (Å²) in [5.74, 6) is -0.956. The Labute approximate surface area is 114 Å². The van der Waals surface area contributed by atoms with Crippen LogP contribution in [-0.2, 0) is 11.3 Å². The first-order valence-corrected chi connectivity index (χ1v) is 6.22. The van der Waals surface area contributed by atoms with Crippen molar-refractivity contribution in [2.45, 2.75) is 12.6 Å². The molecule has 0 saturated heterocycles. The number of ether oxygens (including phenoxy) is 1. The molecule has 5 nitrogen and oxygen atoms in total. The molecule has 3 N–H and O–H groups in total. The van der Waals surface area contributed by atoms with Crippen LogP contribution in [-0.4, -0.2) is 42.5 Å². The van der Waals surface area contributed by atoms with Crippen LogP contribution in [0.25, 0.3) is 0 Å². The zero-order valence-corrected chi connectivity index (χ0v) is 11.6. The predicted molar refractivity (Wildman–Crippen MR) is 70.7 cm³/mol. The van der Waals surface area contributed by atoms with Gasteiger partial charge in [0, 0.05) is 18.1 Å². The number of rotatable bonds is 7. The molecule has 0 amide bonds. The predicted octanol–water partition coefficient (Wildman–Crippen LogP) is 1.24. The highest BCUT2D eigenvalue weighted by Gasteiger charge is 2.09. The van der Waals surface area contributed by atoms with Crippen molar-refractivity contribution < 1.29 is 19.7 Å². The first kappa shape index (κ1) is 15.1. The van der Waals surface area contributed by atoms with Crippen LogP contribution in [0.5, 0.6) is 0 Å².